The molecule has 0 aliphatic carbocycles. The number of esters is 1. The average Bonchev–Trinajstić information content (AvgIpc) is 3.45. The lowest BCUT2D eigenvalue weighted by molar-refractivity contribution is -0.125. The number of aromatic hydroxyl groups is 2. The third-order valence-electron chi connectivity index (χ3n) is 4.73. The number of rotatable bonds is 3. The summed E-state index contributed by atoms with van der Waals surface area (Å²) in [7, 11) is 1.46. The van der Waals surface area contributed by atoms with E-state index in [1.54, 1.807) is 25.2 Å². The fourth-order valence-electron chi connectivity index (χ4n) is 3.10. The van der Waals surface area contributed by atoms with Gasteiger partial charge in [0.05, 0.1) is 16.8 Å². The van der Waals surface area contributed by atoms with Crippen LogP contribution in [-0.2, 0) is 25.5 Å². The number of carbonyl (C=O) groups is 2. The molecule has 2 aliphatic rings. The van der Waals surface area contributed by atoms with Crippen molar-refractivity contribution in [2.75, 3.05) is 13.7 Å². The van der Waals surface area contributed by atoms with Crippen molar-refractivity contribution in [1.29, 1.82) is 0 Å². The molecule has 10 heteroatoms. The minimum atomic E-state index is -0.790. The van der Waals surface area contributed by atoms with Crippen LogP contribution >= 0.6 is 11.6 Å². The summed E-state index contributed by atoms with van der Waals surface area (Å²) in [6.07, 6.45) is 6.72. The quantitative estimate of drug-likeness (QED) is 0.365. The Morgan fingerprint density at radius 1 is 1.35 bits per heavy atom. The number of fused-ring (bicyclic) bond motifs is 2. The highest BCUT2D eigenvalue weighted by atomic mass is 35.5. The number of phenolic OH excluding ortho intramolecular Hbond substituents is 2. The average molecular weight is 451 g/mol. The molecule has 1 aromatic rings. The monoisotopic (exact) mass is 450 g/mol. The molecule has 0 spiro atoms. The summed E-state index contributed by atoms with van der Waals surface area (Å²) in [6.45, 7) is 1.41. The van der Waals surface area contributed by atoms with Crippen LogP contribution in [0.5, 0.6) is 11.5 Å². The van der Waals surface area contributed by atoms with Crippen molar-refractivity contribution >= 4 is 29.2 Å². The number of ether oxygens (including phenoxy) is 2. The standard InChI is InChI=1S/C21H23ClN2O7/c1-11-7-17-16(31-17)6-4-3-5-12(24-29-10-18(27)23-2)8-13-19(21(28)30-11)14(25)9-15(26)20(13)22/h3-6,9,11,16-17,25-26H,7-8,10H2,1-2H3,(H,23,27)/b5-3+,6-4-,24-12?/t11-,16-,17-/m1/s1. The second-order valence-corrected chi connectivity index (χ2v) is 7.50. The van der Waals surface area contributed by atoms with E-state index >= 15 is 0 Å². The largest absolute Gasteiger partial charge is 0.507 e. The van der Waals surface area contributed by atoms with Crippen LogP contribution in [0.3, 0.4) is 0 Å². The Morgan fingerprint density at radius 2 is 2.13 bits per heavy atom. The summed E-state index contributed by atoms with van der Waals surface area (Å²) >= 11 is 6.25. The number of hydrogen-bond donors (Lipinski definition) is 3. The van der Waals surface area contributed by atoms with Gasteiger partial charge in [0.2, 0.25) is 0 Å². The first-order valence-corrected chi connectivity index (χ1v) is 10.0. The van der Waals surface area contributed by atoms with Gasteiger partial charge in [0.25, 0.3) is 5.91 Å². The van der Waals surface area contributed by atoms with Crippen molar-refractivity contribution in [1.82, 2.24) is 5.32 Å². The molecule has 2 aliphatic heterocycles. The molecule has 0 radical (unpaired) electrons. The minimum absolute atomic E-state index is 0.0732. The number of amides is 1. The number of epoxide rings is 1. The Hall–Kier alpha value is -3.04. The summed E-state index contributed by atoms with van der Waals surface area (Å²) in [6, 6.07) is 0.980. The molecule has 1 aromatic carbocycles. The van der Waals surface area contributed by atoms with Gasteiger partial charge < -0.3 is 29.8 Å². The molecule has 3 atom stereocenters. The van der Waals surface area contributed by atoms with Crippen LogP contribution < -0.4 is 5.32 Å². The number of cyclic esters (lactones) is 1. The molecule has 31 heavy (non-hydrogen) atoms. The molecule has 3 rings (SSSR count). The third kappa shape index (κ3) is 5.77. The molecular weight excluding hydrogens is 428 g/mol. The number of likely N-dealkylation sites (N-methyl/N-ethyl adjacent to an activating group) is 1. The van der Waals surface area contributed by atoms with Crippen molar-refractivity contribution in [2.24, 2.45) is 5.16 Å². The molecule has 1 amide bonds. The van der Waals surface area contributed by atoms with E-state index in [2.05, 4.69) is 10.5 Å². The lowest BCUT2D eigenvalue weighted by atomic mass is 9.99. The highest BCUT2D eigenvalue weighted by Crippen LogP contribution is 2.38. The molecule has 166 valence electrons. The van der Waals surface area contributed by atoms with Gasteiger partial charge in [0.1, 0.15) is 29.3 Å². The number of benzene rings is 1. The van der Waals surface area contributed by atoms with Crippen LogP contribution in [0.1, 0.15) is 29.3 Å². The highest BCUT2D eigenvalue weighted by molar-refractivity contribution is 6.33. The van der Waals surface area contributed by atoms with Crippen LogP contribution in [0, 0.1) is 0 Å². The first-order chi connectivity index (χ1) is 14.8. The van der Waals surface area contributed by atoms with Gasteiger partial charge >= 0.3 is 5.97 Å². The molecule has 0 aromatic heterocycles. The highest BCUT2D eigenvalue weighted by Gasteiger charge is 2.38. The molecule has 9 nitrogen and oxygen atoms in total. The van der Waals surface area contributed by atoms with E-state index in [1.165, 1.54) is 7.05 Å². The molecule has 1 saturated heterocycles. The molecule has 3 N–H and O–H groups in total. The zero-order valence-electron chi connectivity index (χ0n) is 17.0. The lowest BCUT2D eigenvalue weighted by Crippen LogP contribution is -2.22. The number of halogens is 1. The first kappa shape index (κ1) is 22.6. The topological polar surface area (TPSA) is 130 Å². The van der Waals surface area contributed by atoms with Crippen LogP contribution in [0.2, 0.25) is 5.02 Å². The predicted molar refractivity (Wildman–Crippen MR) is 112 cm³/mol. The zero-order valence-corrected chi connectivity index (χ0v) is 17.8. The third-order valence-corrected chi connectivity index (χ3v) is 5.16. The second-order valence-electron chi connectivity index (χ2n) is 7.12. The Labute approximate surface area is 183 Å². The van der Waals surface area contributed by atoms with E-state index in [1.807, 2.05) is 6.08 Å². The minimum Gasteiger partial charge on any atom is -0.507 e. The Bertz CT molecular complexity index is 958. The van der Waals surface area contributed by atoms with Crippen LogP contribution in [0.15, 0.2) is 35.5 Å². The maximum Gasteiger partial charge on any atom is 0.342 e. The zero-order chi connectivity index (χ0) is 22.5. The summed E-state index contributed by atoms with van der Waals surface area (Å²) in [4.78, 5) is 29.3. The van der Waals surface area contributed by atoms with Crippen LogP contribution in [0.4, 0.5) is 0 Å². The normalized spacial score (nSPS) is 26.6. The Balaban J connectivity index is 2.00. The van der Waals surface area contributed by atoms with E-state index in [4.69, 9.17) is 25.9 Å². The fourth-order valence-corrected chi connectivity index (χ4v) is 3.31. The van der Waals surface area contributed by atoms with Gasteiger partial charge in [0.15, 0.2) is 6.61 Å². The van der Waals surface area contributed by atoms with E-state index in [9.17, 15) is 19.8 Å². The molecule has 0 saturated carbocycles. The molecule has 0 bridgehead atoms. The van der Waals surface area contributed by atoms with E-state index in [0.717, 1.165) is 6.07 Å². The van der Waals surface area contributed by atoms with Crippen molar-refractivity contribution in [3.05, 3.63) is 46.5 Å². The van der Waals surface area contributed by atoms with Gasteiger partial charge in [-0.1, -0.05) is 35.0 Å². The van der Waals surface area contributed by atoms with Crippen LogP contribution in [0.25, 0.3) is 0 Å². The molecule has 1 fully saturated rings. The van der Waals surface area contributed by atoms with E-state index in [-0.39, 0.29) is 53.0 Å². The number of nitrogens with one attached hydrogen (secondary N) is 1. The summed E-state index contributed by atoms with van der Waals surface area (Å²) < 4.78 is 11.0. The van der Waals surface area contributed by atoms with Gasteiger partial charge in [-0.25, -0.2) is 4.79 Å². The summed E-state index contributed by atoms with van der Waals surface area (Å²) in [5.74, 6) is -2.04. The van der Waals surface area contributed by atoms with Gasteiger partial charge in [0, 0.05) is 26.0 Å². The maximum atomic E-state index is 12.8. The number of hydrogen-bond acceptors (Lipinski definition) is 8. The number of nitrogens with zero attached hydrogens (tertiary/aromatic N) is 1. The first-order valence-electron chi connectivity index (χ1n) is 9.64. The van der Waals surface area contributed by atoms with Gasteiger partial charge in [-0.3, -0.25) is 4.79 Å². The van der Waals surface area contributed by atoms with Gasteiger partial charge in [-0.05, 0) is 18.6 Å². The lowest BCUT2D eigenvalue weighted by Gasteiger charge is -2.17. The Kier molecular flexibility index (Phi) is 7.19. The number of carbonyl (C=O) groups excluding carboxylic acids is 2. The van der Waals surface area contributed by atoms with Crippen molar-refractivity contribution < 1.29 is 34.1 Å². The smallest absolute Gasteiger partial charge is 0.342 e. The molecule has 2 heterocycles. The van der Waals surface area contributed by atoms with Gasteiger partial charge in [-0.15, -0.1) is 0 Å². The van der Waals surface area contributed by atoms with Gasteiger partial charge in [-0.2, -0.15) is 0 Å². The fraction of sp³-hybridized carbons (Fsp3) is 0.381. The van der Waals surface area contributed by atoms with E-state index in [0.29, 0.717) is 6.42 Å². The maximum absolute atomic E-state index is 12.8. The van der Waals surface area contributed by atoms with Crippen molar-refractivity contribution in [3.63, 3.8) is 0 Å². The van der Waals surface area contributed by atoms with Crippen molar-refractivity contribution in [3.8, 4) is 11.5 Å². The molecular formula is C21H23ClN2O7. The number of allylic oxidation sites excluding steroid dienone is 3. The summed E-state index contributed by atoms with van der Waals surface area (Å²) in [5.41, 5.74) is 0.223. The second kappa shape index (κ2) is 9.84. The Morgan fingerprint density at radius 3 is 2.87 bits per heavy atom. The predicted octanol–water partition coefficient (Wildman–Crippen LogP) is 2.24. The summed E-state index contributed by atoms with van der Waals surface area (Å²) in [5, 5.41) is 26.6. The SMILES string of the molecule is CNC(=O)CON=C1/C=C/C=C\[C@H]2O[C@@H]2C[C@@H](C)OC(=O)c2c(O)cc(O)c(Cl)c2C1. The number of oxime groups is 1. The number of phenols is 2. The van der Waals surface area contributed by atoms with Crippen molar-refractivity contribution in [2.45, 2.75) is 38.1 Å². The van der Waals surface area contributed by atoms with E-state index < -0.39 is 23.6 Å². The van der Waals surface area contributed by atoms with Crippen LogP contribution in [-0.4, -0.2) is 59.8 Å². The molecule has 0 unspecified atom stereocenters.